The Morgan fingerprint density at radius 3 is 2.08 bits per heavy atom. The molecule has 1 rings (SSSR count). The summed E-state index contributed by atoms with van der Waals surface area (Å²) >= 11 is 0. The lowest BCUT2D eigenvalue weighted by Crippen LogP contribution is -2.49. The molecule has 15 heteroatoms. The van der Waals surface area contributed by atoms with Crippen molar-refractivity contribution >= 4 is 27.4 Å². The number of aliphatic carboxylic acids is 2. The normalized spacial score (nSPS) is 27.3. The summed E-state index contributed by atoms with van der Waals surface area (Å²) in [5.41, 5.74) is -0.563. The van der Waals surface area contributed by atoms with Gasteiger partial charge in [0, 0.05) is 12.0 Å². The first-order valence-corrected chi connectivity index (χ1v) is 9.55. The monoisotopic (exact) mass is 406 g/mol. The third kappa shape index (κ3) is 5.17. The van der Waals surface area contributed by atoms with Crippen molar-refractivity contribution in [1.29, 1.82) is 0 Å². The van der Waals surface area contributed by atoms with Crippen LogP contribution in [0.15, 0.2) is 11.6 Å². The van der Waals surface area contributed by atoms with Gasteiger partial charge < -0.3 is 39.6 Å². The quantitative estimate of drug-likeness (QED) is 0.242. The largest absolute Gasteiger partial charge is 0.479 e. The SMILES string of the molecule is C[C@@](O[C@@H]1C=C(C(=O)O)C[C@@H](OP(=O)(O)O)[C@H]1O)(C(=O)O)P(=O)(O)O. The van der Waals surface area contributed by atoms with Crippen LogP contribution in [0.1, 0.15) is 13.3 Å². The highest BCUT2D eigenvalue weighted by molar-refractivity contribution is 7.54. The van der Waals surface area contributed by atoms with Crippen LogP contribution in [0.3, 0.4) is 0 Å². The van der Waals surface area contributed by atoms with Crippen LogP contribution in [-0.4, -0.2) is 70.5 Å². The maximum atomic E-state index is 11.4. The molecule has 0 fully saturated rings. The molecule has 144 valence electrons. The third-order valence-corrected chi connectivity index (χ3v) is 5.32. The van der Waals surface area contributed by atoms with Gasteiger partial charge in [-0.1, -0.05) is 0 Å². The minimum atomic E-state index is -5.45. The highest BCUT2D eigenvalue weighted by atomic mass is 31.2. The fraction of sp³-hybridized carbons (Fsp3) is 0.600. The van der Waals surface area contributed by atoms with Gasteiger partial charge in [-0.2, -0.15) is 0 Å². The van der Waals surface area contributed by atoms with Crippen molar-refractivity contribution in [2.45, 2.75) is 37.0 Å². The van der Waals surface area contributed by atoms with Crippen LogP contribution in [0, 0.1) is 0 Å². The first-order chi connectivity index (χ1) is 11.1. The van der Waals surface area contributed by atoms with Gasteiger partial charge in [-0.25, -0.2) is 14.2 Å². The van der Waals surface area contributed by atoms with Crippen LogP contribution in [0.4, 0.5) is 0 Å². The second-order valence-corrected chi connectivity index (χ2v) is 8.37. The van der Waals surface area contributed by atoms with Gasteiger partial charge in [0.05, 0.1) is 0 Å². The van der Waals surface area contributed by atoms with Crippen molar-refractivity contribution in [1.82, 2.24) is 0 Å². The molecule has 0 bridgehead atoms. The van der Waals surface area contributed by atoms with E-state index in [1.54, 1.807) is 0 Å². The number of phosphoric ester groups is 1. The van der Waals surface area contributed by atoms with E-state index in [0.717, 1.165) is 0 Å². The second kappa shape index (κ2) is 7.23. The van der Waals surface area contributed by atoms with Crippen molar-refractivity contribution in [2.24, 2.45) is 0 Å². The molecule has 1 aliphatic rings. The van der Waals surface area contributed by atoms with Gasteiger partial charge in [-0.15, -0.1) is 0 Å². The highest BCUT2D eigenvalue weighted by Crippen LogP contribution is 2.52. The third-order valence-electron chi connectivity index (χ3n) is 3.37. The van der Waals surface area contributed by atoms with E-state index in [-0.39, 0.29) is 0 Å². The molecule has 0 radical (unpaired) electrons. The summed E-state index contributed by atoms with van der Waals surface area (Å²) in [4.78, 5) is 58.2. The van der Waals surface area contributed by atoms with Crippen molar-refractivity contribution in [3.05, 3.63) is 11.6 Å². The van der Waals surface area contributed by atoms with Crippen LogP contribution in [0.2, 0.25) is 0 Å². The lowest BCUT2D eigenvalue weighted by atomic mass is 9.92. The molecule has 0 aliphatic heterocycles. The van der Waals surface area contributed by atoms with E-state index in [9.17, 15) is 33.6 Å². The molecule has 13 nitrogen and oxygen atoms in total. The maximum absolute atomic E-state index is 11.4. The van der Waals surface area contributed by atoms with Crippen molar-refractivity contribution in [3.63, 3.8) is 0 Å². The van der Waals surface area contributed by atoms with Crippen LogP contribution in [0.5, 0.6) is 0 Å². The van der Waals surface area contributed by atoms with Gasteiger partial charge in [0.15, 0.2) is 0 Å². The van der Waals surface area contributed by atoms with Gasteiger partial charge in [0.2, 0.25) is 0 Å². The summed E-state index contributed by atoms with van der Waals surface area (Å²) in [6.07, 6.45) is -5.76. The minimum Gasteiger partial charge on any atom is -0.479 e. The Bertz CT molecular complexity index is 674. The Hall–Kier alpha value is -1.14. The number of hydrogen-bond donors (Lipinski definition) is 7. The van der Waals surface area contributed by atoms with E-state index in [0.29, 0.717) is 13.0 Å². The molecule has 0 aromatic carbocycles. The summed E-state index contributed by atoms with van der Waals surface area (Å²) in [7, 11) is -10.6. The van der Waals surface area contributed by atoms with Gasteiger partial charge in [-0.05, 0) is 13.0 Å². The van der Waals surface area contributed by atoms with Crippen LogP contribution in [0.25, 0.3) is 0 Å². The van der Waals surface area contributed by atoms with E-state index >= 15 is 0 Å². The van der Waals surface area contributed by atoms with Crippen molar-refractivity contribution < 1.29 is 62.9 Å². The van der Waals surface area contributed by atoms with Gasteiger partial charge in [0.25, 0.3) is 5.34 Å². The standard InChI is InChI=1S/C10H16O13P2/c1-10(9(14)15,24(16,17)18)22-5-2-4(8(12)13)3-6(7(5)11)23-25(19,20)21/h2,5-7,11H,3H2,1H3,(H,12,13)(H,14,15)(H2,16,17,18)(H2,19,20,21)/t5-,6-,7+,10+/m1/s1. The van der Waals surface area contributed by atoms with E-state index in [4.69, 9.17) is 24.7 Å². The molecule has 0 aromatic rings. The van der Waals surface area contributed by atoms with Gasteiger partial charge >= 0.3 is 27.4 Å². The molecule has 0 saturated heterocycles. The van der Waals surface area contributed by atoms with E-state index in [2.05, 4.69) is 4.52 Å². The number of aliphatic hydroxyl groups is 1. The molecule has 1 aliphatic carbocycles. The Labute approximate surface area is 139 Å². The summed E-state index contributed by atoms with van der Waals surface area (Å²) in [5.74, 6) is -3.69. The molecule has 0 unspecified atom stereocenters. The number of phosphoric acid groups is 1. The number of carboxylic acid groups (broad SMARTS) is 2. The summed E-state index contributed by atoms with van der Waals surface area (Å²) in [5, 5.41) is 24.9. The Kier molecular flexibility index (Phi) is 6.34. The zero-order valence-electron chi connectivity index (χ0n) is 12.5. The average Bonchev–Trinajstić information content (AvgIpc) is 2.39. The molecular formula is C10H16O13P2. The van der Waals surface area contributed by atoms with Gasteiger partial charge in [0.1, 0.15) is 18.3 Å². The van der Waals surface area contributed by atoms with E-state index in [1.807, 2.05) is 0 Å². The fourth-order valence-corrected chi connectivity index (χ4v) is 3.02. The van der Waals surface area contributed by atoms with Crippen LogP contribution in [-0.2, 0) is 28.0 Å². The lowest BCUT2D eigenvalue weighted by molar-refractivity contribution is -0.167. The smallest absolute Gasteiger partial charge is 0.469 e. The number of ether oxygens (including phenoxy) is 1. The lowest BCUT2D eigenvalue weighted by Gasteiger charge is -2.36. The Morgan fingerprint density at radius 2 is 1.72 bits per heavy atom. The highest BCUT2D eigenvalue weighted by Gasteiger charge is 2.54. The van der Waals surface area contributed by atoms with Crippen LogP contribution >= 0.6 is 15.4 Å². The molecule has 0 heterocycles. The first-order valence-electron chi connectivity index (χ1n) is 6.41. The summed E-state index contributed by atoms with van der Waals surface area (Å²) < 4.78 is 31.3. The minimum absolute atomic E-state index is 0.505. The number of rotatable bonds is 7. The molecule has 25 heavy (non-hydrogen) atoms. The predicted octanol–water partition coefficient (Wildman–Crippen LogP) is -1.40. The average molecular weight is 406 g/mol. The summed E-state index contributed by atoms with van der Waals surface area (Å²) in [6.45, 7) is 0.505. The zero-order chi connectivity index (χ0) is 19.8. The molecule has 0 amide bonds. The van der Waals surface area contributed by atoms with Crippen LogP contribution < -0.4 is 0 Å². The van der Waals surface area contributed by atoms with Gasteiger partial charge in [-0.3, -0.25) is 9.09 Å². The van der Waals surface area contributed by atoms with Crippen molar-refractivity contribution in [3.8, 4) is 0 Å². The molecule has 4 atom stereocenters. The predicted molar refractivity (Wildman–Crippen MR) is 76.2 cm³/mol. The van der Waals surface area contributed by atoms with E-state index in [1.165, 1.54) is 0 Å². The Morgan fingerprint density at radius 1 is 1.20 bits per heavy atom. The molecule has 0 spiro atoms. The molecule has 0 saturated carbocycles. The number of carbonyl (C=O) groups is 2. The number of aliphatic hydroxyl groups excluding tert-OH is 1. The van der Waals surface area contributed by atoms with Crippen molar-refractivity contribution in [2.75, 3.05) is 0 Å². The molecule has 0 aromatic heterocycles. The maximum Gasteiger partial charge on any atom is 0.469 e. The first kappa shape index (κ1) is 21.9. The Balaban J connectivity index is 3.28. The summed E-state index contributed by atoms with van der Waals surface area (Å²) in [6, 6.07) is 0. The fourth-order valence-electron chi connectivity index (χ4n) is 1.96. The zero-order valence-corrected chi connectivity index (χ0v) is 14.3. The van der Waals surface area contributed by atoms with E-state index < -0.39 is 63.0 Å². The molecule has 7 N–H and O–H groups in total. The second-order valence-electron chi connectivity index (χ2n) is 5.24. The topological polar surface area (TPSA) is 228 Å². The number of hydrogen-bond acceptors (Lipinski definition) is 7. The molecular weight excluding hydrogens is 390 g/mol. The number of carboxylic acids is 2.